The van der Waals surface area contributed by atoms with Gasteiger partial charge in [-0.1, -0.05) is 31.1 Å². The van der Waals surface area contributed by atoms with Crippen LogP contribution in [-0.2, 0) is 11.2 Å². The summed E-state index contributed by atoms with van der Waals surface area (Å²) >= 11 is 0. The smallest absolute Gasteiger partial charge is 0.231 e. The van der Waals surface area contributed by atoms with Crippen LogP contribution in [0.25, 0.3) is 0 Å². The molecule has 1 aromatic heterocycles. The molecule has 1 aliphatic rings. The minimum atomic E-state index is 0.144. The Labute approximate surface area is 154 Å². The van der Waals surface area contributed by atoms with Crippen LogP contribution in [-0.4, -0.2) is 40.6 Å². The van der Waals surface area contributed by atoms with Gasteiger partial charge in [-0.3, -0.25) is 4.79 Å². The lowest BCUT2D eigenvalue weighted by Gasteiger charge is -2.16. The number of carbonyl (C=O) groups excluding carboxylic acids is 1. The van der Waals surface area contributed by atoms with Crippen molar-refractivity contribution in [1.82, 2.24) is 15.0 Å². The van der Waals surface area contributed by atoms with Gasteiger partial charge >= 0.3 is 0 Å². The lowest BCUT2D eigenvalue weighted by molar-refractivity contribution is -0.130. The number of likely N-dealkylation sites (tertiary alicyclic amines) is 1. The van der Waals surface area contributed by atoms with Crippen molar-refractivity contribution in [2.75, 3.05) is 19.7 Å². The maximum absolute atomic E-state index is 12.2. The molecule has 1 atom stereocenters. The molecule has 1 aromatic carbocycles. The Morgan fingerprint density at radius 3 is 3.04 bits per heavy atom. The van der Waals surface area contributed by atoms with E-state index >= 15 is 0 Å². The summed E-state index contributed by atoms with van der Waals surface area (Å²) in [6.45, 7) is 8.11. The van der Waals surface area contributed by atoms with E-state index in [9.17, 15) is 4.79 Å². The molecule has 3 rings (SSSR count). The SMILES string of the molecule is Cc1cccc(OCCc2noc(C3CCN(C(=O)CC(C)C)C3)n2)c1. The van der Waals surface area contributed by atoms with Crippen molar-refractivity contribution in [2.45, 2.75) is 46.0 Å². The molecule has 1 amide bonds. The monoisotopic (exact) mass is 357 g/mol. The summed E-state index contributed by atoms with van der Waals surface area (Å²) < 4.78 is 11.2. The number of aromatic nitrogens is 2. The minimum absolute atomic E-state index is 0.144. The molecule has 6 nitrogen and oxygen atoms in total. The zero-order chi connectivity index (χ0) is 18.5. The van der Waals surface area contributed by atoms with Crippen molar-refractivity contribution in [3.05, 3.63) is 41.5 Å². The molecule has 6 heteroatoms. The fourth-order valence-corrected chi connectivity index (χ4v) is 3.17. The second-order valence-corrected chi connectivity index (χ2v) is 7.39. The molecule has 0 bridgehead atoms. The van der Waals surface area contributed by atoms with Gasteiger partial charge in [-0.25, -0.2) is 0 Å². The number of amides is 1. The molecule has 1 unspecified atom stereocenters. The van der Waals surface area contributed by atoms with E-state index in [1.165, 1.54) is 5.56 Å². The zero-order valence-electron chi connectivity index (χ0n) is 15.8. The van der Waals surface area contributed by atoms with E-state index in [0.717, 1.165) is 18.7 Å². The third-order valence-corrected chi connectivity index (χ3v) is 4.54. The molecule has 2 aromatic rings. The first kappa shape index (κ1) is 18.4. The molecule has 0 saturated carbocycles. The van der Waals surface area contributed by atoms with Gasteiger partial charge in [0.2, 0.25) is 11.8 Å². The Hall–Kier alpha value is -2.37. The Morgan fingerprint density at radius 2 is 2.27 bits per heavy atom. The van der Waals surface area contributed by atoms with Gasteiger partial charge < -0.3 is 14.2 Å². The molecule has 0 aliphatic carbocycles. The summed E-state index contributed by atoms with van der Waals surface area (Å²) in [6, 6.07) is 7.96. The van der Waals surface area contributed by atoms with Gasteiger partial charge in [-0.05, 0) is 37.0 Å². The third-order valence-electron chi connectivity index (χ3n) is 4.54. The first-order valence-electron chi connectivity index (χ1n) is 9.31. The summed E-state index contributed by atoms with van der Waals surface area (Å²) in [6.07, 6.45) is 2.07. The fraction of sp³-hybridized carbons (Fsp3) is 0.550. The van der Waals surface area contributed by atoms with E-state index in [2.05, 4.69) is 24.0 Å². The number of rotatable bonds is 7. The zero-order valence-corrected chi connectivity index (χ0v) is 15.8. The molecule has 1 saturated heterocycles. The van der Waals surface area contributed by atoms with Crippen molar-refractivity contribution in [3.8, 4) is 5.75 Å². The van der Waals surface area contributed by atoms with Crippen LogP contribution in [0.4, 0.5) is 0 Å². The Balaban J connectivity index is 1.48. The lowest BCUT2D eigenvalue weighted by atomic mass is 10.1. The minimum Gasteiger partial charge on any atom is -0.493 e. The average Bonchev–Trinajstić information content (AvgIpc) is 3.23. The average molecular weight is 357 g/mol. The Bertz CT molecular complexity index is 741. The summed E-state index contributed by atoms with van der Waals surface area (Å²) in [5, 5.41) is 4.06. The molecule has 140 valence electrons. The van der Waals surface area contributed by atoms with E-state index < -0.39 is 0 Å². The van der Waals surface area contributed by atoms with Crippen LogP contribution in [0.2, 0.25) is 0 Å². The number of benzene rings is 1. The van der Waals surface area contributed by atoms with Crippen LogP contribution < -0.4 is 4.74 Å². The molecule has 26 heavy (non-hydrogen) atoms. The predicted molar refractivity (Wildman–Crippen MR) is 98.1 cm³/mol. The standard InChI is InChI=1S/C20H27N3O3/c1-14(2)11-19(24)23-9-7-16(13-23)20-21-18(22-26-20)8-10-25-17-6-4-5-15(3)12-17/h4-6,12,14,16H,7-11,13H2,1-3H3. The van der Waals surface area contributed by atoms with Crippen LogP contribution in [0.5, 0.6) is 5.75 Å². The second-order valence-electron chi connectivity index (χ2n) is 7.39. The van der Waals surface area contributed by atoms with Crippen molar-refractivity contribution in [2.24, 2.45) is 5.92 Å². The molecule has 0 radical (unpaired) electrons. The van der Waals surface area contributed by atoms with E-state index in [1.54, 1.807) is 0 Å². The van der Waals surface area contributed by atoms with E-state index in [-0.39, 0.29) is 11.8 Å². The highest BCUT2D eigenvalue weighted by molar-refractivity contribution is 5.76. The molecule has 0 spiro atoms. The second kappa shape index (κ2) is 8.34. The maximum Gasteiger partial charge on any atom is 0.231 e. The van der Waals surface area contributed by atoms with E-state index in [1.807, 2.05) is 36.1 Å². The van der Waals surface area contributed by atoms with Gasteiger partial charge in [0, 0.05) is 25.9 Å². The van der Waals surface area contributed by atoms with E-state index in [0.29, 0.717) is 43.6 Å². The van der Waals surface area contributed by atoms with Gasteiger partial charge in [0.25, 0.3) is 0 Å². The Morgan fingerprint density at radius 1 is 1.42 bits per heavy atom. The predicted octanol–water partition coefficient (Wildman–Crippen LogP) is 3.36. The fourth-order valence-electron chi connectivity index (χ4n) is 3.17. The van der Waals surface area contributed by atoms with E-state index in [4.69, 9.17) is 9.26 Å². The van der Waals surface area contributed by atoms with Crippen molar-refractivity contribution < 1.29 is 14.1 Å². The van der Waals surface area contributed by atoms with Crippen LogP contribution in [0.15, 0.2) is 28.8 Å². The van der Waals surface area contributed by atoms with Crippen molar-refractivity contribution >= 4 is 5.91 Å². The highest BCUT2D eigenvalue weighted by Crippen LogP contribution is 2.27. The molecule has 1 aliphatic heterocycles. The quantitative estimate of drug-likeness (QED) is 0.760. The summed E-state index contributed by atoms with van der Waals surface area (Å²) in [7, 11) is 0. The number of aryl methyl sites for hydroxylation is 1. The van der Waals surface area contributed by atoms with Crippen molar-refractivity contribution in [3.63, 3.8) is 0 Å². The Kier molecular flexibility index (Phi) is 5.91. The van der Waals surface area contributed by atoms with Crippen LogP contribution in [0, 0.1) is 12.8 Å². The number of carbonyl (C=O) groups is 1. The number of hydrogen-bond acceptors (Lipinski definition) is 5. The first-order valence-corrected chi connectivity index (χ1v) is 9.31. The van der Waals surface area contributed by atoms with Gasteiger partial charge in [-0.2, -0.15) is 4.98 Å². The molecule has 1 fully saturated rings. The van der Waals surface area contributed by atoms with Gasteiger partial charge in [0.15, 0.2) is 5.82 Å². The van der Waals surface area contributed by atoms with Crippen LogP contribution in [0.3, 0.4) is 0 Å². The van der Waals surface area contributed by atoms with Crippen LogP contribution in [0.1, 0.15) is 49.9 Å². The molecule has 0 N–H and O–H groups in total. The number of hydrogen-bond donors (Lipinski definition) is 0. The maximum atomic E-state index is 12.2. The number of nitrogens with zero attached hydrogens (tertiary/aromatic N) is 3. The van der Waals surface area contributed by atoms with Gasteiger partial charge in [-0.15, -0.1) is 0 Å². The number of ether oxygens (including phenoxy) is 1. The highest BCUT2D eigenvalue weighted by atomic mass is 16.5. The third kappa shape index (κ3) is 4.84. The largest absolute Gasteiger partial charge is 0.493 e. The first-order chi connectivity index (χ1) is 12.5. The van der Waals surface area contributed by atoms with Gasteiger partial charge in [0.05, 0.1) is 12.5 Å². The normalized spacial score (nSPS) is 17.1. The summed E-state index contributed by atoms with van der Waals surface area (Å²) in [5.74, 6) is 2.88. The highest BCUT2D eigenvalue weighted by Gasteiger charge is 2.31. The summed E-state index contributed by atoms with van der Waals surface area (Å²) in [5.41, 5.74) is 1.17. The molecule has 2 heterocycles. The topological polar surface area (TPSA) is 68.5 Å². The van der Waals surface area contributed by atoms with Gasteiger partial charge in [0.1, 0.15) is 5.75 Å². The van der Waals surface area contributed by atoms with Crippen LogP contribution >= 0.6 is 0 Å². The molecular weight excluding hydrogens is 330 g/mol. The lowest BCUT2D eigenvalue weighted by Crippen LogP contribution is -2.29. The molecular formula is C20H27N3O3. The summed E-state index contributed by atoms with van der Waals surface area (Å²) in [4.78, 5) is 18.6. The van der Waals surface area contributed by atoms with Crippen molar-refractivity contribution in [1.29, 1.82) is 0 Å².